The van der Waals surface area contributed by atoms with E-state index in [1.165, 1.54) is 0 Å². The molecule has 0 aromatic rings. The molecule has 0 aromatic heterocycles. The molecule has 0 aromatic carbocycles. The number of aliphatic hydroxyl groups is 3. The van der Waals surface area contributed by atoms with Crippen molar-refractivity contribution in [2.24, 2.45) is 0 Å². The van der Waals surface area contributed by atoms with Crippen LogP contribution in [0.5, 0.6) is 0 Å². The molecule has 0 spiro atoms. The van der Waals surface area contributed by atoms with E-state index in [4.69, 9.17) is 9.84 Å². The number of carbonyl (C=O) groups is 3. The lowest BCUT2D eigenvalue weighted by Crippen LogP contribution is -2.42. The van der Waals surface area contributed by atoms with E-state index in [2.05, 4.69) is 10.6 Å². The van der Waals surface area contributed by atoms with Crippen molar-refractivity contribution >= 4 is 30.0 Å². The first-order valence-corrected chi connectivity index (χ1v) is 9.31. The van der Waals surface area contributed by atoms with Crippen molar-refractivity contribution in [1.29, 1.82) is 0 Å². The summed E-state index contributed by atoms with van der Waals surface area (Å²) < 4.78 is 4.84. The molecule has 2 rings (SSSR count). The third-order valence-electron chi connectivity index (χ3n) is 4.38. The highest BCUT2D eigenvalue weighted by atomic mass is 32.2. The van der Waals surface area contributed by atoms with Crippen molar-refractivity contribution in [3.05, 3.63) is 0 Å². The van der Waals surface area contributed by atoms with Gasteiger partial charge in [0.1, 0.15) is 12.2 Å². The summed E-state index contributed by atoms with van der Waals surface area (Å²) in [6.45, 7) is -0.740. The minimum absolute atomic E-state index is 0.0857. The average molecular weight is 376 g/mol. The summed E-state index contributed by atoms with van der Waals surface area (Å²) in [6.07, 6.45) is -2.22. The number of amides is 2. The second kappa shape index (κ2) is 9.37. The van der Waals surface area contributed by atoms with Crippen LogP contribution < -0.4 is 10.6 Å². The summed E-state index contributed by atoms with van der Waals surface area (Å²) >= 11 is 1.79. The van der Waals surface area contributed by atoms with Gasteiger partial charge in [0.05, 0.1) is 18.7 Å². The fourth-order valence-electron chi connectivity index (χ4n) is 2.97. The highest BCUT2D eigenvalue weighted by molar-refractivity contribution is 8.00. The van der Waals surface area contributed by atoms with Crippen molar-refractivity contribution in [2.75, 3.05) is 12.4 Å². The second-order valence-corrected chi connectivity index (χ2v) is 7.47. The fraction of sp³-hybridized carbons (Fsp3) is 0.800. The monoisotopic (exact) mass is 376 g/mol. The molecule has 0 unspecified atom stereocenters. The summed E-state index contributed by atoms with van der Waals surface area (Å²) in [5.74, 6) is 0.233. The first-order valence-electron chi connectivity index (χ1n) is 8.26. The van der Waals surface area contributed by atoms with Crippen LogP contribution in [0.3, 0.4) is 0 Å². The van der Waals surface area contributed by atoms with E-state index in [0.29, 0.717) is 11.7 Å². The van der Waals surface area contributed by atoms with Gasteiger partial charge in [0, 0.05) is 17.4 Å². The number of urea groups is 1. The van der Waals surface area contributed by atoms with Crippen LogP contribution in [0.1, 0.15) is 25.7 Å². The number of fused-ring (bicyclic) bond motifs is 1. The van der Waals surface area contributed by atoms with E-state index >= 15 is 0 Å². The molecule has 2 fully saturated rings. The Hall–Kier alpha value is -1.36. The van der Waals surface area contributed by atoms with E-state index in [1.54, 1.807) is 11.8 Å². The number of unbranched alkanes of at least 4 members (excludes halogenated alkanes) is 1. The van der Waals surface area contributed by atoms with E-state index < -0.39 is 30.9 Å². The van der Waals surface area contributed by atoms with Crippen LogP contribution in [0.25, 0.3) is 0 Å². The lowest BCUT2D eigenvalue weighted by molar-refractivity contribution is -0.163. The van der Waals surface area contributed by atoms with Crippen molar-refractivity contribution in [2.45, 2.75) is 61.3 Å². The Kier molecular flexibility index (Phi) is 7.48. The highest BCUT2D eigenvalue weighted by Gasteiger charge is 2.42. The van der Waals surface area contributed by atoms with Crippen molar-refractivity contribution in [1.82, 2.24) is 10.6 Å². The lowest BCUT2D eigenvalue weighted by atomic mass is 10.0. The van der Waals surface area contributed by atoms with Gasteiger partial charge in [-0.25, -0.2) is 4.79 Å². The Morgan fingerprint density at radius 2 is 2.12 bits per heavy atom. The predicted molar refractivity (Wildman–Crippen MR) is 89.0 cm³/mol. The maximum Gasteiger partial charge on any atom is 0.315 e. The Bertz CT molecular complexity index is 493. The number of ether oxygens (including phenoxy) is 1. The average Bonchev–Trinajstić information content (AvgIpc) is 3.14. The highest BCUT2D eigenvalue weighted by Crippen LogP contribution is 2.33. The minimum Gasteiger partial charge on any atom is -0.452 e. The molecule has 25 heavy (non-hydrogen) atoms. The third kappa shape index (κ3) is 5.30. The van der Waals surface area contributed by atoms with E-state index in [0.717, 1.165) is 18.6 Å². The lowest BCUT2D eigenvalue weighted by Gasteiger charge is -2.21. The summed E-state index contributed by atoms with van der Waals surface area (Å²) in [6, 6.07) is 0.159. The molecule has 10 heteroatoms. The molecule has 6 atom stereocenters. The van der Waals surface area contributed by atoms with Crippen molar-refractivity contribution in [3.8, 4) is 0 Å². The van der Waals surface area contributed by atoms with Gasteiger partial charge in [-0.1, -0.05) is 6.42 Å². The third-order valence-corrected chi connectivity index (χ3v) is 5.89. The molecule has 2 aliphatic rings. The summed E-state index contributed by atoms with van der Waals surface area (Å²) in [4.78, 5) is 33.9. The normalized spacial score (nSPS) is 28.4. The van der Waals surface area contributed by atoms with Crippen molar-refractivity contribution in [3.63, 3.8) is 0 Å². The molecule has 2 heterocycles. The summed E-state index contributed by atoms with van der Waals surface area (Å²) in [5.41, 5.74) is 0. The molecule has 142 valence electrons. The quantitative estimate of drug-likeness (QED) is 0.135. The van der Waals surface area contributed by atoms with Crippen LogP contribution in [0.4, 0.5) is 4.79 Å². The maximum atomic E-state index is 11.7. The van der Waals surface area contributed by atoms with Gasteiger partial charge in [0.15, 0.2) is 12.4 Å². The predicted octanol–water partition coefficient (Wildman–Crippen LogP) is -1.46. The molecule has 2 amide bonds. The van der Waals surface area contributed by atoms with Gasteiger partial charge in [0.25, 0.3) is 0 Å². The number of esters is 1. The van der Waals surface area contributed by atoms with Gasteiger partial charge in [-0.2, -0.15) is 11.8 Å². The topological polar surface area (TPSA) is 145 Å². The van der Waals surface area contributed by atoms with Gasteiger partial charge < -0.3 is 30.7 Å². The van der Waals surface area contributed by atoms with Crippen LogP contribution in [-0.2, 0) is 14.3 Å². The SMILES string of the molecule is O=C[C@H](OC(=O)CCCC[C@@H]1SC[C@@H]2NC(=O)N[C@@H]21)[C@@H](O)[C@H](O)CO. The Balaban J connectivity index is 1.65. The summed E-state index contributed by atoms with van der Waals surface area (Å²) in [5, 5.41) is 33.7. The first kappa shape index (κ1) is 20.0. The van der Waals surface area contributed by atoms with Gasteiger partial charge in [-0.3, -0.25) is 9.59 Å². The van der Waals surface area contributed by atoms with Crippen molar-refractivity contribution < 1.29 is 34.4 Å². The van der Waals surface area contributed by atoms with Crippen LogP contribution in [0.2, 0.25) is 0 Å². The maximum absolute atomic E-state index is 11.7. The molecule has 9 nitrogen and oxygen atoms in total. The molecule has 0 saturated carbocycles. The molecule has 2 saturated heterocycles. The molecular weight excluding hydrogens is 352 g/mol. The smallest absolute Gasteiger partial charge is 0.315 e. The van der Waals surface area contributed by atoms with Gasteiger partial charge in [-0.15, -0.1) is 0 Å². The number of carbonyl (C=O) groups excluding carboxylic acids is 3. The van der Waals surface area contributed by atoms with Crippen LogP contribution in [0, 0.1) is 0 Å². The zero-order chi connectivity index (χ0) is 18.4. The molecule has 0 aliphatic carbocycles. The molecule has 2 aliphatic heterocycles. The molecule has 5 N–H and O–H groups in total. The molecular formula is C15H24N2O7S. The van der Waals surface area contributed by atoms with Crippen LogP contribution in [0.15, 0.2) is 0 Å². The zero-order valence-corrected chi connectivity index (χ0v) is 14.5. The van der Waals surface area contributed by atoms with E-state index in [9.17, 15) is 24.6 Å². The number of aldehydes is 1. The van der Waals surface area contributed by atoms with Gasteiger partial charge >= 0.3 is 12.0 Å². The van der Waals surface area contributed by atoms with Crippen LogP contribution in [-0.4, -0.2) is 81.6 Å². The number of hydrogen-bond donors (Lipinski definition) is 5. The Morgan fingerprint density at radius 3 is 2.80 bits per heavy atom. The zero-order valence-electron chi connectivity index (χ0n) is 13.7. The molecule has 0 bridgehead atoms. The molecule has 0 radical (unpaired) electrons. The number of thioether (sulfide) groups is 1. The van der Waals surface area contributed by atoms with Crippen LogP contribution >= 0.6 is 11.8 Å². The van der Waals surface area contributed by atoms with Gasteiger partial charge in [0.2, 0.25) is 0 Å². The minimum atomic E-state index is -1.66. The largest absolute Gasteiger partial charge is 0.452 e. The number of aliphatic hydroxyl groups excluding tert-OH is 3. The number of nitrogens with one attached hydrogen (secondary N) is 2. The van der Waals surface area contributed by atoms with E-state index in [1.807, 2.05) is 0 Å². The Morgan fingerprint density at radius 1 is 1.36 bits per heavy atom. The number of hydrogen-bond acceptors (Lipinski definition) is 8. The standard InChI is InChI=1S/C15H24N2O7S/c18-5-9(20)14(22)10(6-19)24-12(21)4-2-1-3-11-13-8(7-25-11)16-15(23)17-13/h6,8-11,13-14,18,20,22H,1-5,7H2,(H2,16,17,23)/t8-,9+,10-,11-,13-,14-/m0/s1. The second-order valence-electron chi connectivity index (χ2n) is 6.20. The first-order chi connectivity index (χ1) is 12.0. The Labute approximate surface area is 149 Å². The fourth-order valence-corrected chi connectivity index (χ4v) is 4.52. The number of rotatable bonds is 10. The summed E-state index contributed by atoms with van der Waals surface area (Å²) in [7, 11) is 0. The van der Waals surface area contributed by atoms with E-state index in [-0.39, 0.29) is 30.8 Å². The van der Waals surface area contributed by atoms with Gasteiger partial charge in [-0.05, 0) is 12.8 Å².